The topological polar surface area (TPSA) is 87.2 Å². The Morgan fingerprint density at radius 1 is 1.36 bits per heavy atom. The number of aliphatic carboxylic acids is 1. The van der Waals surface area contributed by atoms with Crippen LogP contribution in [0.2, 0.25) is 0 Å². The summed E-state index contributed by atoms with van der Waals surface area (Å²) in [7, 11) is 0. The van der Waals surface area contributed by atoms with Crippen LogP contribution in [0.5, 0.6) is 0 Å². The summed E-state index contributed by atoms with van der Waals surface area (Å²) in [4.78, 5) is 37.7. The molecule has 0 spiro atoms. The maximum absolute atomic E-state index is 12.4. The highest BCUT2D eigenvalue weighted by Crippen LogP contribution is 2.52. The van der Waals surface area contributed by atoms with Crippen molar-refractivity contribution in [3.8, 4) is 0 Å². The Morgan fingerprint density at radius 3 is 2.50 bits per heavy atom. The molecule has 2 aliphatic rings. The smallest absolute Gasteiger partial charge is 0.323 e. The molecule has 7 heteroatoms. The van der Waals surface area contributed by atoms with Crippen LogP contribution in [0.25, 0.3) is 0 Å². The molecule has 0 aromatic heterocycles. The van der Waals surface area contributed by atoms with Crippen LogP contribution >= 0.6 is 0 Å². The van der Waals surface area contributed by atoms with E-state index in [1.165, 1.54) is 11.8 Å². The number of carboxylic acid groups (broad SMARTS) is 1. The number of carbonyl (C=O) groups excluding carboxylic acids is 2. The molecule has 0 radical (unpaired) electrons. The fourth-order valence-corrected chi connectivity index (χ4v) is 2.85. The van der Waals surface area contributed by atoms with Gasteiger partial charge >= 0.3 is 5.97 Å². The zero-order valence-electron chi connectivity index (χ0n) is 13.4. The van der Waals surface area contributed by atoms with Gasteiger partial charge in [-0.15, -0.1) is 0 Å². The van der Waals surface area contributed by atoms with Crippen molar-refractivity contribution in [1.29, 1.82) is 0 Å². The molecular formula is C15H24N2O5. The first-order valence-electron chi connectivity index (χ1n) is 7.58. The van der Waals surface area contributed by atoms with Crippen LogP contribution in [0, 0.1) is 11.3 Å². The van der Waals surface area contributed by atoms with Crippen molar-refractivity contribution in [2.45, 2.75) is 33.3 Å². The van der Waals surface area contributed by atoms with E-state index in [1.54, 1.807) is 4.90 Å². The van der Waals surface area contributed by atoms with Crippen molar-refractivity contribution in [3.05, 3.63) is 0 Å². The predicted octanol–water partition coefficient (Wildman–Crippen LogP) is 0.193. The fraction of sp³-hybridized carbons (Fsp3) is 0.800. The van der Waals surface area contributed by atoms with E-state index in [-0.39, 0.29) is 42.3 Å². The van der Waals surface area contributed by atoms with Crippen molar-refractivity contribution in [2.24, 2.45) is 11.3 Å². The van der Waals surface area contributed by atoms with Gasteiger partial charge in [-0.1, -0.05) is 13.8 Å². The number of rotatable bonds is 5. The monoisotopic (exact) mass is 312 g/mol. The van der Waals surface area contributed by atoms with E-state index in [9.17, 15) is 14.4 Å². The third-order valence-corrected chi connectivity index (χ3v) is 4.46. The molecule has 2 atom stereocenters. The van der Waals surface area contributed by atoms with Crippen LogP contribution in [0.1, 0.15) is 27.2 Å². The van der Waals surface area contributed by atoms with E-state index in [2.05, 4.69) is 13.8 Å². The molecule has 0 aromatic rings. The van der Waals surface area contributed by atoms with Gasteiger partial charge in [0.2, 0.25) is 11.8 Å². The Morgan fingerprint density at radius 2 is 2.00 bits per heavy atom. The summed E-state index contributed by atoms with van der Waals surface area (Å²) in [5.41, 5.74) is 0.0829. The summed E-state index contributed by atoms with van der Waals surface area (Å²) in [6.45, 7) is 6.73. The Balaban J connectivity index is 1.91. The van der Waals surface area contributed by atoms with Gasteiger partial charge in [-0.25, -0.2) is 0 Å². The largest absolute Gasteiger partial charge is 0.480 e. The first-order valence-corrected chi connectivity index (χ1v) is 7.58. The number of ether oxygens (including phenoxy) is 1. The van der Waals surface area contributed by atoms with Crippen molar-refractivity contribution in [1.82, 2.24) is 9.80 Å². The third kappa shape index (κ3) is 3.97. The van der Waals surface area contributed by atoms with Gasteiger partial charge in [0.15, 0.2) is 0 Å². The molecule has 1 saturated carbocycles. The van der Waals surface area contributed by atoms with Gasteiger partial charge in [0.05, 0.1) is 12.7 Å². The van der Waals surface area contributed by atoms with E-state index in [0.29, 0.717) is 19.7 Å². The summed E-state index contributed by atoms with van der Waals surface area (Å²) in [5, 5.41) is 8.84. The summed E-state index contributed by atoms with van der Waals surface area (Å²) < 4.78 is 5.59. The second-order valence-electron chi connectivity index (χ2n) is 6.82. The number of hydrogen-bond acceptors (Lipinski definition) is 4. The van der Waals surface area contributed by atoms with Gasteiger partial charge < -0.3 is 19.6 Å². The SMILES string of the molecule is CC(=O)N(CC(=O)O)CC1CN(C(=O)[C@H]2CC2(C)C)CCO1. The lowest BCUT2D eigenvalue weighted by Gasteiger charge is -2.35. The average molecular weight is 312 g/mol. The number of hydrogen-bond donors (Lipinski definition) is 1. The molecule has 22 heavy (non-hydrogen) atoms. The first-order chi connectivity index (χ1) is 10.2. The normalized spacial score (nSPS) is 26.4. The summed E-state index contributed by atoms with van der Waals surface area (Å²) >= 11 is 0. The van der Waals surface area contributed by atoms with Crippen LogP contribution in [-0.4, -0.2) is 71.6 Å². The molecule has 7 nitrogen and oxygen atoms in total. The minimum atomic E-state index is -1.06. The van der Waals surface area contributed by atoms with E-state index < -0.39 is 5.97 Å². The number of nitrogens with zero attached hydrogens (tertiary/aromatic N) is 2. The number of morpholine rings is 1. The molecule has 2 rings (SSSR count). The van der Waals surface area contributed by atoms with Crippen LogP contribution < -0.4 is 0 Å². The number of amides is 2. The van der Waals surface area contributed by atoms with E-state index in [4.69, 9.17) is 9.84 Å². The van der Waals surface area contributed by atoms with Gasteiger partial charge in [-0.3, -0.25) is 14.4 Å². The van der Waals surface area contributed by atoms with Crippen molar-refractivity contribution < 1.29 is 24.2 Å². The molecule has 1 unspecified atom stereocenters. The van der Waals surface area contributed by atoms with E-state index in [0.717, 1.165) is 6.42 Å². The van der Waals surface area contributed by atoms with Crippen molar-refractivity contribution in [2.75, 3.05) is 32.8 Å². The lowest BCUT2D eigenvalue weighted by atomic mass is 10.1. The van der Waals surface area contributed by atoms with Gasteiger partial charge in [0, 0.05) is 32.5 Å². The molecule has 2 amide bonds. The van der Waals surface area contributed by atoms with Crippen LogP contribution in [0.3, 0.4) is 0 Å². The second kappa shape index (κ2) is 6.24. The molecule has 2 fully saturated rings. The average Bonchev–Trinajstić information content (AvgIpc) is 3.06. The Hall–Kier alpha value is -1.63. The summed E-state index contributed by atoms with van der Waals surface area (Å²) in [5.74, 6) is -1.14. The van der Waals surface area contributed by atoms with Gasteiger partial charge in [0.25, 0.3) is 0 Å². The van der Waals surface area contributed by atoms with Gasteiger partial charge in [-0.2, -0.15) is 0 Å². The molecule has 1 saturated heterocycles. The molecule has 1 heterocycles. The molecule has 124 valence electrons. The molecule has 0 aromatic carbocycles. The minimum Gasteiger partial charge on any atom is -0.480 e. The van der Waals surface area contributed by atoms with Crippen molar-refractivity contribution in [3.63, 3.8) is 0 Å². The predicted molar refractivity (Wildman–Crippen MR) is 78.1 cm³/mol. The first kappa shape index (κ1) is 16.7. The fourth-order valence-electron chi connectivity index (χ4n) is 2.85. The lowest BCUT2D eigenvalue weighted by Crippen LogP contribution is -2.51. The minimum absolute atomic E-state index is 0.0779. The Bertz CT molecular complexity index is 477. The molecule has 1 aliphatic carbocycles. The highest BCUT2D eigenvalue weighted by molar-refractivity contribution is 5.82. The maximum Gasteiger partial charge on any atom is 0.323 e. The molecule has 1 N–H and O–H groups in total. The summed E-state index contributed by atoms with van der Waals surface area (Å²) in [6, 6.07) is 0. The van der Waals surface area contributed by atoms with E-state index >= 15 is 0 Å². The zero-order valence-corrected chi connectivity index (χ0v) is 13.4. The summed E-state index contributed by atoms with van der Waals surface area (Å²) in [6.07, 6.45) is 0.578. The quantitative estimate of drug-likeness (QED) is 0.783. The molecule has 0 bridgehead atoms. The van der Waals surface area contributed by atoms with E-state index in [1.807, 2.05) is 0 Å². The standard InChI is InChI=1S/C15H24N2O5/c1-10(18)17(9-13(19)20)8-11-7-16(4-5-22-11)14(21)12-6-15(12,2)3/h11-12H,4-9H2,1-3H3,(H,19,20)/t11?,12-/m1/s1. The number of carbonyl (C=O) groups is 3. The second-order valence-corrected chi connectivity index (χ2v) is 6.82. The van der Waals surface area contributed by atoms with Crippen LogP contribution in [0.15, 0.2) is 0 Å². The Kier molecular flexibility index (Phi) is 4.75. The van der Waals surface area contributed by atoms with Crippen LogP contribution in [0.4, 0.5) is 0 Å². The molecular weight excluding hydrogens is 288 g/mol. The third-order valence-electron chi connectivity index (χ3n) is 4.46. The highest BCUT2D eigenvalue weighted by atomic mass is 16.5. The van der Waals surface area contributed by atoms with Crippen LogP contribution in [-0.2, 0) is 19.1 Å². The number of carboxylic acids is 1. The molecule has 1 aliphatic heterocycles. The van der Waals surface area contributed by atoms with Gasteiger partial charge in [-0.05, 0) is 11.8 Å². The van der Waals surface area contributed by atoms with Crippen molar-refractivity contribution >= 4 is 17.8 Å². The highest BCUT2D eigenvalue weighted by Gasteiger charge is 2.52. The zero-order chi connectivity index (χ0) is 16.5. The van der Waals surface area contributed by atoms with Gasteiger partial charge in [0.1, 0.15) is 6.54 Å². The lowest BCUT2D eigenvalue weighted by molar-refractivity contribution is -0.148. The maximum atomic E-state index is 12.4. The Labute approximate surface area is 130 Å².